The molecule has 0 bridgehead atoms. The number of nitrogens with two attached hydrogens (primary N) is 2. The first-order valence-electron chi connectivity index (χ1n) is 4.64. The summed E-state index contributed by atoms with van der Waals surface area (Å²) in [6.07, 6.45) is 1.87. The molecule has 0 amide bonds. The highest BCUT2D eigenvalue weighted by Gasteiger charge is 2.26. The summed E-state index contributed by atoms with van der Waals surface area (Å²) in [5.74, 6) is 0. The third-order valence-corrected chi connectivity index (χ3v) is 1.80. The Morgan fingerprint density at radius 3 is 1.67 bits per heavy atom. The highest BCUT2D eigenvalue weighted by molar-refractivity contribution is 4.78. The normalized spacial score (nSPS) is 14.0. The molecule has 74 valence electrons. The average Bonchev–Trinajstić information content (AvgIpc) is 1.48. The molecule has 0 heterocycles. The van der Waals surface area contributed by atoms with Gasteiger partial charge in [0, 0.05) is 0 Å². The van der Waals surface area contributed by atoms with Crippen LogP contribution in [0.2, 0.25) is 0 Å². The lowest BCUT2D eigenvalue weighted by Crippen LogP contribution is -2.36. The minimum atomic E-state index is -0.178. The standard InChI is InChI=1S/C10H24N2/c1-9(2,3)7-10(4,5)6-8(11)12/h8H,6-7,11-12H2,1-5H3. The van der Waals surface area contributed by atoms with E-state index in [1.807, 2.05) is 0 Å². The number of rotatable bonds is 3. The topological polar surface area (TPSA) is 52.0 Å². The predicted octanol–water partition coefficient (Wildman–Crippen LogP) is 2.08. The van der Waals surface area contributed by atoms with Crippen LogP contribution in [0.15, 0.2) is 0 Å². The Hall–Kier alpha value is -0.0800. The molecule has 2 heteroatoms. The smallest absolute Gasteiger partial charge is 0.0526 e. The van der Waals surface area contributed by atoms with Gasteiger partial charge in [0.15, 0.2) is 0 Å². The molecule has 0 aromatic heterocycles. The van der Waals surface area contributed by atoms with Gasteiger partial charge in [-0.3, -0.25) is 0 Å². The van der Waals surface area contributed by atoms with Crippen molar-refractivity contribution in [1.82, 2.24) is 0 Å². The second kappa shape index (κ2) is 3.75. The summed E-state index contributed by atoms with van der Waals surface area (Å²) in [5.41, 5.74) is 11.8. The average molecular weight is 172 g/mol. The van der Waals surface area contributed by atoms with Crippen molar-refractivity contribution in [2.24, 2.45) is 22.3 Å². The van der Waals surface area contributed by atoms with Crippen molar-refractivity contribution >= 4 is 0 Å². The van der Waals surface area contributed by atoms with Crippen LogP contribution in [0.4, 0.5) is 0 Å². The van der Waals surface area contributed by atoms with Gasteiger partial charge in [-0.1, -0.05) is 34.6 Å². The van der Waals surface area contributed by atoms with E-state index in [9.17, 15) is 0 Å². The molecular weight excluding hydrogens is 148 g/mol. The van der Waals surface area contributed by atoms with E-state index in [-0.39, 0.29) is 11.6 Å². The Balaban J connectivity index is 4.04. The molecule has 0 unspecified atom stereocenters. The van der Waals surface area contributed by atoms with Crippen molar-refractivity contribution in [3.05, 3.63) is 0 Å². The lowest BCUT2D eigenvalue weighted by atomic mass is 9.74. The summed E-state index contributed by atoms with van der Waals surface area (Å²) in [5, 5.41) is 0. The van der Waals surface area contributed by atoms with Gasteiger partial charge in [-0.25, -0.2) is 0 Å². The predicted molar refractivity (Wildman–Crippen MR) is 54.6 cm³/mol. The van der Waals surface area contributed by atoms with E-state index in [2.05, 4.69) is 34.6 Å². The Labute approximate surface area is 76.7 Å². The van der Waals surface area contributed by atoms with E-state index in [0.717, 1.165) is 12.8 Å². The Morgan fingerprint density at radius 1 is 1.00 bits per heavy atom. The molecule has 2 nitrogen and oxygen atoms in total. The summed E-state index contributed by atoms with van der Waals surface area (Å²) < 4.78 is 0. The maximum Gasteiger partial charge on any atom is 0.0526 e. The van der Waals surface area contributed by atoms with Crippen molar-refractivity contribution in [1.29, 1.82) is 0 Å². The van der Waals surface area contributed by atoms with Crippen LogP contribution in [-0.4, -0.2) is 6.17 Å². The highest BCUT2D eigenvalue weighted by Crippen LogP contribution is 2.35. The molecule has 0 radical (unpaired) electrons. The van der Waals surface area contributed by atoms with Crippen LogP contribution in [0, 0.1) is 10.8 Å². The summed E-state index contributed by atoms with van der Waals surface area (Å²) >= 11 is 0. The zero-order chi connectivity index (χ0) is 9.99. The molecular formula is C10H24N2. The molecule has 4 N–H and O–H groups in total. The van der Waals surface area contributed by atoms with Crippen molar-refractivity contribution in [3.63, 3.8) is 0 Å². The fourth-order valence-electron chi connectivity index (χ4n) is 2.15. The quantitative estimate of drug-likeness (QED) is 0.640. The molecule has 0 aliphatic carbocycles. The molecule has 0 atom stereocenters. The number of hydrogen-bond donors (Lipinski definition) is 2. The monoisotopic (exact) mass is 172 g/mol. The molecule has 0 rings (SSSR count). The van der Waals surface area contributed by atoms with Crippen molar-refractivity contribution in [2.75, 3.05) is 0 Å². The molecule has 0 aliphatic heterocycles. The van der Waals surface area contributed by atoms with Crippen LogP contribution in [0.3, 0.4) is 0 Å². The van der Waals surface area contributed by atoms with Gasteiger partial charge in [-0.15, -0.1) is 0 Å². The summed E-state index contributed by atoms with van der Waals surface area (Å²) in [6.45, 7) is 11.2. The zero-order valence-corrected chi connectivity index (χ0v) is 9.15. The summed E-state index contributed by atoms with van der Waals surface area (Å²) in [7, 11) is 0. The fraction of sp³-hybridized carbons (Fsp3) is 1.00. The van der Waals surface area contributed by atoms with Crippen LogP contribution < -0.4 is 11.5 Å². The van der Waals surface area contributed by atoms with Gasteiger partial charge in [-0.2, -0.15) is 0 Å². The Bertz CT molecular complexity index is 131. The molecule has 12 heavy (non-hydrogen) atoms. The van der Waals surface area contributed by atoms with E-state index in [1.165, 1.54) is 0 Å². The summed E-state index contributed by atoms with van der Waals surface area (Å²) in [6, 6.07) is 0. The molecule has 0 aliphatic rings. The van der Waals surface area contributed by atoms with E-state index < -0.39 is 0 Å². The van der Waals surface area contributed by atoms with E-state index in [0.29, 0.717) is 5.41 Å². The highest BCUT2D eigenvalue weighted by atomic mass is 14.8. The van der Waals surface area contributed by atoms with E-state index >= 15 is 0 Å². The Kier molecular flexibility index (Phi) is 3.73. The van der Waals surface area contributed by atoms with Crippen LogP contribution in [0.25, 0.3) is 0 Å². The van der Waals surface area contributed by atoms with Gasteiger partial charge >= 0.3 is 0 Å². The van der Waals surface area contributed by atoms with Crippen molar-refractivity contribution < 1.29 is 0 Å². The first kappa shape index (κ1) is 11.9. The number of hydrogen-bond acceptors (Lipinski definition) is 2. The maximum absolute atomic E-state index is 5.58. The third-order valence-electron chi connectivity index (χ3n) is 1.80. The SMILES string of the molecule is CC(C)(C)CC(C)(C)CC(N)N. The molecule has 0 aromatic rings. The fourth-order valence-corrected chi connectivity index (χ4v) is 2.15. The van der Waals surface area contributed by atoms with Gasteiger partial charge < -0.3 is 11.5 Å². The molecule has 0 fully saturated rings. The van der Waals surface area contributed by atoms with Gasteiger partial charge in [0.1, 0.15) is 0 Å². The van der Waals surface area contributed by atoms with Gasteiger partial charge in [-0.05, 0) is 23.7 Å². The molecule has 0 saturated carbocycles. The van der Waals surface area contributed by atoms with Crippen molar-refractivity contribution in [2.45, 2.75) is 53.6 Å². The lowest BCUT2D eigenvalue weighted by molar-refractivity contribution is 0.188. The minimum absolute atomic E-state index is 0.178. The second-order valence-corrected chi connectivity index (χ2v) is 5.77. The molecule has 0 saturated heterocycles. The minimum Gasteiger partial charge on any atom is -0.316 e. The van der Waals surface area contributed by atoms with Crippen LogP contribution in [0.1, 0.15) is 47.5 Å². The first-order valence-corrected chi connectivity index (χ1v) is 4.64. The third kappa shape index (κ3) is 6.62. The van der Waals surface area contributed by atoms with Gasteiger partial charge in [0.05, 0.1) is 6.17 Å². The van der Waals surface area contributed by atoms with Crippen LogP contribution >= 0.6 is 0 Å². The lowest BCUT2D eigenvalue weighted by Gasteiger charge is -2.33. The van der Waals surface area contributed by atoms with E-state index in [4.69, 9.17) is 11.5 Å². The van der Waals surface area contributed by atoms with Gasteiger partial charge in [0.25, 0.3) is 0 Å². The Morgan fingerprint density at radius 2 is 1.42 bits per heavy atom. The zero-order valence-electron chi connectivity index (χ0n) is 9.15. The van der Waals surface area contributed by atoms with Gasteiger partial charge in [0.2, 0.25) is 0 Å². The largest absolute Gasteiger partial charge is 0.316 e. The summed E-state index contributed by atoms with van der Waals surface area (Å²) in [4.78, 5) is 0. The van der Waals surface area contributed by atoms with Crippen molar-refractivity contribution in [3.8, 4) is 0 Å². The first-order chi connectivity index (χ1) is 5.12. The second-order valence-electron chi connectivity index (χ2n) is 5.77. The maximum atomic E-state index is 5.58. The van der Waals surface area contributed by atoms with Crippen LogP contribution in [0.5, 0.6) is 0 Å². The van der Waals surface area contributed by atoms with E-state index in [1.54, 1.807) is 0 Å². The molecule has 0 spiro atoms. The van der Waals surface area contributed by atoms with Crippen LogP contribution in [-0.2, 0) is 0 Å². The molecule has 0 aromatic carbocycles.